The molecule has 2 heterocycles. The highest BCUT2D eigenvalue weighted by molar-refractivity contribution is 7.99. The van der Waals surface area contributed by atoms with Crippen LogP contribution in [0.15, 0.2) is 10.1 Å². The van der Waals surface area contributed by atoms with Crippen molar-refractivity contribution in [2.75, 3.05) is 5.75 Å². The molecule has 0 fully saturated rings. The highest BCUT2D eigenvalue weighted by Crippen LogP contribution is 2.23. The summed E-state index contributed by atoms with van der Waals surface area (Å²) in [5.74, 6) is 1.28. The second kappa shape index (κ2) is 3.08. The van der Waals surface area contributed by atoms with Gasteiger partial charge in [-0.25, -0.2) is 9.48 Å². The van der Waals surface area contributed by atoms with Gasteiger partial charge in [0.25, 0.3) is 5.95 Å². The number of hydrogen-bond donors (Lipinski definition) is 0. The largest absolute Gasteiger partial charge is 0.280 e. The summed E-state index contributed by atoms with van der Waals surface area (Å²) in [6, 6.07) is 0. The summed E-state index contributed by atoms with van der Waals surface area (Å²) in [4.78, 5) is 17.3. The number of isocyanates is 1. The van der Waals surface area contributed by atoms with E-state index in [1.165, 1.54) is 6.08 Å². The third kappa shape index (κ3) is 1.26. The lowest BCUT2D eigenvalue weighted by atomic mass is 10.5. The first-order chi connectivity index (χ1) is 5.90. The quantitative estimate of drug-likeness (QED) is 0.474. The summed E-state index contributed by atoms with van der Waals surface area (Å²) in [7, 11) is 0. The number of fused-ring (bicyclic) bond motifs is 1. The van der Waals surface area contributed by atoms with E-state index in [9.17, 15) is 4.79 Å². The predicted molar refractivity (Wildman–Crippen MR) is 43.1 cm³/mol. The first kappa shape index (κ1) is 7.52. The zero-order valence-corrected chi connectivity index (χ0v) is 7.04. The number of nitrogens with zero attached hydrogens (tertiary/aromatic N) is 4. The van der Waals surface area contributed by atoms with Crippen LogP contribution in [0.3, 0.4) is 0 Å². The molecular weight excluding hydrogens is 176 g/mol. The molecule has 12 heavy (non-hydrogen) atoms. The lowest BCUT2D eigenvalue weighted by Crippen LogP contribution is -2.07. The first-order valence-corrected chi connectivity index (χ1v) is 4.54. The maximum atomic E-state index is 9.90. The Hall–Kier alpha value is -1.13. The third-order valence-corrected chi connectivity index (χ3v) is 2.57. The Kier molecular flexibility index (Phi) is 1.93. The van der Waals surface area contributed by atoms with E-state index in [-0.39, 0.29) is 5.95 Å². The minimum absolute atomic E-state index is 0.217. The highest BCUT2D eigenvalue weighted by atomic mass is 32.2. The van der Waals surface area contributed by atoms with Gasteiger partial charge in [-0.15, -0.1) is 10.1 Å². The molecule has 0 N–H and O–H groups in total. The zero-order chi connectivity index (χ0) is 8.39. The van der Waals surface area contributed by atoms with Gasteiger partial charge in [0, 0.05) is 12.3 Å². The molecule has 0 atom stereocenters. The van der Waals surface area contributed by atoms with E-state index in [4.69, 9.17) is 0 Å². The topological polar surface area (TPSA) is 60.1 Å². The highest BCUT2D eigenvalue weighted by Gasteiger charge is 2.13. The van der Waals surface area contributed by atoms with Crippen LogP contribution in [0.2, 0.25) is 0 Å². The summed E-state index contributed by atoms with van der Waals surface area (Å²) in [6.45, 7) is 0.865. The van der Waals surface area contributed by atoms with Crippen LogP contribution in [-0.2, 0) is 11.3 Å². The van der Waals surface area contributed by atoms with Crippen molar-refractivity contribution < 1.29 is 4.79 Å². The Morgan fingerprint density at radius 1 is 1.67 bits per heavy atom. The van der Waals surface area contributed by atoms with E-state index in [2.05, 4.69) is 15.1 Å². The molecule has 0 radical (unpaired) electrons. The van der Waals surface area contributed by atoms with Crippen molar-refractivity contribution in [3.63, 3.8) is 0 Å². The van der Waals surface area contributed by atoms with Crippen LogP contribution >= 0.6 is 11.8 Å². The zero-order valence-electron chi connectivity index (χ0n) is 6.23. The molecule has 0 aliphatic carbocycles. The normalized spacial score (nSPS) is 15.0. The van der Waals surface area contributed by atoms with Gasteiger partial charge in [-0.05, 0) is 6.42 Å². The Balaban J connectivity index is 2.37. The lowest BCUT2D eigenvalue weighted by molar-refractivity contribution is 0.539. The average molecular weight is 182 g/mol. The monoisotopic (exact) mass is 182 g/mol. The van der Waals surface area contributed by atoms with E-state index in [1.807, 2.05) is 0 Å². The fourth-order valence-corrected chi connectivity index (χ4v) is 1.92. The molecule has 0 bridgehead atoms. The van der Waals surface area contributed by atoms with Crippen LogP contribution in [0, 0.1) is 0 Å². The van der Waals surface area contributed by atoms with Crippen LogP contribution in [0.1, 0.15) is 6.42 Å². The van der Waals surface area contributed by atoms with E-state index >= 15 is 0 Å². The van der Waals surface area contributed by atoms with Crippen molar-refractivity contribution >= 4 is 23.8 Å². The van der Waals surface area contributed by atoms with Gasteiger partial charge in [-0.1, -0.05) is 11.8 Å². The van der Waals surface area contributed by atoms with Crippen molar-refractivity contribution in [1.29, 1.82) is 0 Å². The number of hydrogen-bond acceptors (Lipinski definition) is 5. The SMILES string of the molecule is O=C=Nc1nc2n(n1)CCCS2. The van der Waals surface area contributed by atoms with Gasteiger partial charge in [0.05, 0.1) is 0 Å². The van der Waals surface area contributed by atoms with Crippen LogP contribution in [0.4, 0.5) is 5.95 Å². The van der Waals surface area contributed by atoms with Gasteiger partial charge >= 0.3 is 0 Å². The molecule has 0 aromatic carbocycles. The van der Waals surface area contributed by atoms with Crippen LogP contribution in [0.5, 0.6) is 0 Å². The molecule has 1 aromatic heterocycles. The molecule has 2 rings (SSSR count). The molecule has 0 spiro atoms. The fourth-order valence-electron chi connectivity index (χ4n) is 1.03. The summed E-state index contributed by atoms with van der Waals surface area (Å²) < 4.78 is 1.77. The first-order valence-electron chi connectivity index (χ1n) is 3.55. The van der Waals surface area contributed by atoms with Crippen LogP contribution in [-0.4, -0.2) is 26.6 Å². The molecule has 6 heteroatoms. The second-order valence-electron chi connectivity index (χ2n) is 2.32. The van der Waals surface area contributed by atoms with Crippen LogP contribution < -0.4 is 0 Å². The molecule has 0 saturated carbocycles. The predicted octanol–water partition coefficient (Wildman–Crippen LogP) is 0.741. The van der Waals surface area contributed by atoms with Crippen molar-refractivity contribution in [2.24, 2.45) is 4.99 Å². The Morgan fingerprint density at radius 2 is 2.58 bits per heavy atom. The molecule has 0 amide bonds. The lowest BCUT2D eigenvalue weighted by Gasteiger charge is -2.09. The van der Waals surface area contributed by atoms with Crippen molar-refractivity contribution in [1.82, 2.24) is 14.8 Å². The molecule has 1 aliphatic rings. The second-order valence-corrected chi connectivity index (χ2v) is 3.38. The van der Waals surface area contributed by atoms with Gasteiger partial charge in [-0.2, -0.15) is 4.98 Å². The maximum absolute atomic E-state index is 9.90. The summed E-state index contributed by atoms with van der Waals surface area (Å²) in [6.07, 6.45) is 2.51. The number of carbonyl (C=O) groups excluding carboxylic acids is 1. The van der Waals surface area contributed by atoms with Crippen LogP contribution in [0.25, 0.3) is 0 Å². The number of rotatable bonds is 1. The van der Waals surface area contributed by atoms with Crippen molar-refractivity contribution in [3.05, 3.63) is 0 Å². The minimum Gasteiger partial charge on any atom is -0.239 e. The molecule has 1 aliphatic heterocycles. The maximum Gasteiger partial charge on any atom is 0.280 e. The van der Waals surface area contributed by atoms with Gasteiger partial charge in [0.2, 0.25) is 6.08 Å². The number of aromatic nitrogens is 3. The smallest absolute Gasteiger partial charge is 0.239 e. The van der Waals surface area contributed by atoms with Gasteiger partial charge in [-0.3, -0.25) is 0 Å². The van der Waals surface area contributed by atoms with E-state index < -0.39 is 0 Å². The van der Waals surface area contributed by atoms with Crippen molar-refractivity contribution in [2.45, 2.75) is 18.1 Å². The number of aryl methyl sites for hydroxylation is 1. The Bertz CT molecular complexity index is 318. The minimum atomic E-state index is 0.217. The molecule has 62 valence electrons. The molecule has 0 unspecified atom stereocenters. The molecule has 1 aromatic rings. The summed E-state index contributed by atoms with van der Waals surface area (Å²) in [5, 5.41) is 4.84. The van der Waals surface area contributed by atoms with E-state index in [1.54, 1.807) is 16.4 Å². The standard InChI is InChI=1S/C6H6N4OS/c11-4-7-5-8-6-10(9-5)2-1-3-12-6/h1-3H2. The Labute approximate surface area is 72.9 Å². The summed E-state index contributed by atoms with van der Waals surface area (Å²) >= 11 is 1.63. The van der Waals surface area contributed by atoms with E-state index in [0.29, 0.717) is 0 Å². The van der Waals surface area contributed by atoms with E-state index in [0.717, 1.165) is 23.9 Å². The Morgan fingerprint density at radius 3 is 3.33 bits per heavy atom. The molecule has 0 saturated heterocycles. The average Bonchev–Trinajstić information content (AvgIpc) is 2.47. The summed E-state index contributed by atoms with van der Waals surface area (Å²) in [5.41, 5.74) is 0. The van der Waals surface area contributed by atoms with Crippen molar-refractivity contribution in [3.8, 4) is 0 Å². The number of thioether (sulfide) groups is 1. The number of aliphatic imine (C=N–C) groups is 1. The van der Waals surface area contributed by atoms with Gasteiger partial charge < -0.3 is 0 Å². The van der Waals surface area contributed by atoms with Gasteiger partial charge in [0.15, 0.2) is 5.16 Å². The molecule has 5 nitrogen and oxygen atoms in total. The van der Waals surface area contributed by atoms with Gasteiger partial charge in [0.1, 0.15) is 0 Å². The fraction of sp³-hybridized carbons (Fsp3) is 0.500. The molecular formula is C6H6N4OS. The third-order valence-electron chi connectivity index (χ3n) is 1.52.